The van der Waals surface area contributed by atoms with Crippen molar-refractivity contribution < 1.29 is 4.79 Å². The maximum absolute atomic E-state index is 11.6. The average molecular weight is 225 g/mol. The van der Waals surface area contributed by atoms with Crippen molar-refractivity contribution in [3.63, 3.8) is 0 Å². The van der Waals surface area contributed by atoms with Crippen molar-refractivity contribution in [1.29, 1.82) is 0 Å². The Hall–Kier alpha value is -1.83. The van der Waals surface area contributed by atoms with Crippen molar-refractivity contribution in [1.82, 2.24) is 5.32 Å². The van der Waals surface area contributed by atoms with Crippen molar-refractivity contribution in [3.8, 4) is 0 Å². The molecule has 0 spiro atoms. The predicted octanol–water partition coefficient (Wildman–Crippen LogP) is 2.52. The van der Waals surface area contributed by atoms with Crippen LogP contribution < -0.4 is 5.32 Å². The molecule has 1 fully saturated rings. The van der Waals surface area contributed by atoms with E-state index in [1.54, 1.807) is 0 Å². The minimum atomic E-state index is 0.154. The van der Waals surface area contributed by atoms with E-state index in [0.29, 0.717) is 0 Å². The van der Waals surface area contributed by atoms with E-state index in [4.69, 9.17) is 0 Å². The molecule has 0 aromatic heterocycles. The summed E-state index contributed by atoms with van der Waals surface area (Å²) in [7, 11) is 0. The smallest absolute Gasteiger partial charge is 0.223 e. The average Bonchev–Trinajstić information content (AvgIpc) is 2.76. The first-order chi connectivity index (χ1) is 8.34. The molecule has 1 aliphatic heterocycles. The highest BCUT2D eigenvalue weighted by Crippen LogP contribution is 2.23. The summed E-state index contributed by atoms with van der Waals surface area (Å²) in [6.07, 6.45) is 1.81. The number of benzene rings is 2. The zero-order chi connectivity index (χ0) is 11.7. The van der Waals surface area contributed by atoms with Gasteiger partial charge >= 0.3 is 0 Å². The molecule has 1 amide bonds. The summed E-state index contributed by atoms with van der Waals surface area (Å²) in [6.45, 7) is 0.828. The van der Waals surface area contributed by atoms with Crippen molar-refractivity contribution in [3.05, 3.63) is 48.0 Å². The Labute approximate surface area is 101 Å². The zero-order valence-electron chi connectivity index (χ0n) is 9.65. The molecule has 0 radical (unpaired) electrons. The van der Waals surface area contributed by atoms with Gasteiger partial charge in [-0.05, 0) is 29.2 Å². The lowest BCUT2D eigenvalue weighted by atomic mass is 9.94. The van der Waals surface area contributed by atoms with E-state index in [-0.39, 0.29) is 11.8 Å². The minimum absolute atomic E-state index is 0.154. The van der Waals surface area contributed by atoms with Crippen LogP contribution in [0.3, 0.4) is 0 Å². The fourth-order valence-corrected chi connectivity index (χ4v) is 2.58. The lowest BCUT2D eigenvalue weighted by Crippen LogP contribution is -2.20. The van der Waals surface area contributed by atoms with Gasteiger partial charge in [0.15, 0.2) is 0 Å². The molecule has 3 rings (SSSR count). The van der Waals surface area contributed by atoms with E-state index >= 15 is 0 Å². The van der Waals surface area contributed by atoms with Gasteiger partial charge in [-0.15, -0.1) is 0 Å². The second-order valence-corrected chi connectivity index (χ2v) is 4.62. The molecular formula is C15H15NO. The highest BCUT2D eigenvalue weighted by Gasteiger charge is 2.24. The van der Waals surface area contributed by atoms with Gasteiger partial charge in [0.05, 0.1) is 0 Å². The SMILES string of the molecule is O=C1NCCC1Cc1cccc2ccccc12. The molecule has 86 valence electrons. The molecule has 2 aromatic rings. The fourth-order valence-electron chi connectivity index (χ4n) is 2.58. The molecule has 0 bridgehead atoms. The third kappa shape index (κ3) is 1.91. The normalized spacial score (nSPS) is 19.5. The highest BCUT2D eigenvalue weighted by atomic mass is 16.2. The number of carbonyl (C=O) groups is 1. The Morgan fingerprint density at radius 3 is 2.76 bits per heavy atom. The number of carbonyl (C=O) groups excluding carboxylic acids is 1. The van der Waals surface area contributed by atoms with E-state index in [1.807, 2.05) is 6.07 Å². The first-order valence-corrected chi connectivity index (χ1v) is 6.09. The van der Waals surface area contributed by atoms with Gasteiger partial charge in [-0.2, -0.15) is 0 Å². The minimum Gasteiger partial charge on any atom is -0.356 e. The number of rotatable bonds is 2. The van der Waals surface area contributed by atoms with Crippen LogP contribution >= 0.6 is 0 Å². The molecular weight excluding hydrogens is 210 g/mol. The summed E-state index contributed by atoms with van der Waals surface area (Å²) >= 11 is 0. The first-order valence-electron chi connectivity index (χ1n) is 6.09. The van der Waals surface area contributed by atoms with Crippen LogP contribution in [0.4, 0.5) is 0 Å². The second-order valence-electron chi connectivity index (χ2n) is 4.62. The van der Waals surface area contributed by atoms with Gasteiger partial charge in [-0.25, -0.2) is 0 Å². The van der Waals surface area contributed by atoms with E-state index in [1.165, 1.54) is 16.3 Å². The lowest BCUT2D eigenvalue weighted by molar-refractivity contribution is -0.122. The van der Waals surface area contributed by atoms with Crippen LogP contribution in [0.2, 0.25) is 0 Å². The Balaban J connectivity index is 1.97. The Kier molecular flexibility index (Phi) is 2.56. The molecule has 2 heteroatoms. The first kappa shape index (κ1) is 10.3. The maximum atomic E-state index is 11.6. The monoisotopic (exact) mass is 225 g/mol. The molecule has 0 saturated carbocycles. The van der Waals surface area contributed by atoms with Gasteiger partial charge in [0.2, 0.25) is 5.91 Å². The van der Waals surface area contributed by atoms with Crippen LogP contribution in [0, 0.1) is 5.92 Å². The molecule has 1 saturated heterocycles. The summed E-state index contributed by atoms with van der Waals surface area (Å²) in [5.41, 5.74) is 1.28. The van der Waals surface area contributed by atoms with Crippen LogP contribution in [0.25, 0.3) is 10.8 Å². The summed E-state index contributed by atoms with van der Waals surface area (Å²) in [5, 5.41) is 5.42. The van der Waals surface area contributed by atoms with Crippen molar-refractivity contribution in [2.75, 3.05) is 6.54 Å². The summed E-state index contributed by atoms with van der Waals surface area (Å²) in [6, 6.07) is 14.7. The van der Waals surface area contributed by atoms with Gasteiger partial charge < -0.3 is 5.32 Å². The van der Waals surface area contributed by atoms with Gasteiger partial charge in [-0.1, -0.05) is 42.5 Å². The molecule has 1 unspecified atom stereocenters. The number of hydrogen-bond acceptors (Lipinski definition) is 1. The molecule has 1 N–H and O–H groups in total. The molecule has 1 aliphatic rings. The van der Waals surface area contributed by atoms with E-state index in [9.17, 15) is 4.79 Å². The molecule has 0 aliphatic carbocycles. The number of hydrogen-bond donors (Lipinski definition) is 1. The largest absolute Gasteiger partial charge is 0.356 e. The summed E-state index contributed by atoms with van der Waals surface area (Å²) < 4.78 is 0. The Morgan fingerprint density at radius 2 is 1.94 bits per heavy atom. The van der Waals surface area contributed by atoms with Crippen LogP contribution in [0.1, 0.15) is 12.0 Å². The van der Waals surface area contributed by atoms with Crippen molar-refractivity contribution in [2.45, 2.75) is 12.8 Å². The number of fused-ring (bicyclic) bond motifs is 1. The molecule has 17 heavy (non-hydrogen) atoms. The summed E-state index contributed by atoms with van der Waals surface area (Å²) in [5.74, 6) is 0.360. The predicted molar refractivity (Wildman–Crippen MR) is 68.8 cm³/mol. The molecule has 1 atom stereocenters. The van der Waals surface area contributed by atoms with Gasteiger partial charge in [-0.3, -0.25) is 4.79 Å². The Bertz CT molecular complexity index is 556. The van der Waals surface area contributed by atoms with Crippen LogP contribution in [0.5, 0.6) is 0 Å². The standard InChI is InChI=1S/C15H15NO/c17-15-13(8-9-16-15)10-12-6-3-5-11-4-1-2-7-14(11)12/h1-7,13H,8-10H2,(H,16,17). The maximum Gasteiger partial charge on any atom is 0.223 e. The Morgan fingerprint density at radius 1 is 1.12 bits per heavy atom. The fraction of sp³-hybridized carbons (Fsp3) is 0.267. The molecule has 1 heterocycles. The van der Waals surface area contributed by atoms with E-state index < -0.39 is 0 Å². The lowest BCUT2D eigenvalue weighted by Gasteiger charge is -2.09. The van der Waals surface area contributed by atoms with Gasteiger partial charge in [0.25, 0.3) is 0 Å². The topological polar surface area (TPSA) is 29.1 Å². The highest BCUT2D eigenvalue weighted by molar-refractivity contribution is 5.87. The molecule has 2 nitrogen and oxygen atoms in total. The van der Waals surface area contributed by atoms with Crippen LogP contribution in [-0.2, 0) is 11.2 Å². The number of nitrogens with one attached hydrogen (secondary N) is 1. The zero-order valence-corrected chi connectivity index (χ0v) is 9.65. The third-order valence-corrected chi connectivity index (χ3v) is 3.51. The van der Waals surface area contributed by atoms with Crippen LogP contribution in [0.15, 0.2) is 42.5 Å². The van der Waals surface area contributed by atoms with Gasteiger partial charge in [0.1, 0.15) is 0 Å². The van der Waals surface area contributed by atoms with Crippen molar-refractivity contribution >= 4 is 16.7 Å². The third-order valence-electron chi connectivity index (χ3n) is 3.51. The van der Waals surface area contributed by atoms with Crippen molar-refractivity contribution in [2.24, 2.45) is 5.92 Å². The second kappa shape index (κ2) is 4.21. The quantitative estimate of drug-likeness (QED) is 0.836. The van der Waals surface area contributed by atoms with Crippen LogP contribution in [-0.4, -0.2) is 12.5 Å². The van der Waals surface area contributed by atoms with Gasteiger partial charge in [0, 0.05) is 12.5 Å². The summed E-state index contributed by atoms with van der Waals surface area (Å²) in [4.78, 5) is 11.6. The van der Waals surface area contributed by atoms with E-state index in [0.717, 1.165) is 19.4 Å². The number of amides is 1. The molecule has 2 aromatic carbocycles. The van der Waals surface area contributed by atoms with E-state index in [2.05, 4.69) is 41.7 Å².